The minimum atomic E-state index is 0.830. The van der Waals surface area contributed by atoms with Gasteiger partial charge in [0.1, 0.15) is 0 Å². The first-order valence-corrected chi connectivity index (χ1v) is 14.7. The maximum absolute atomic E-state index is 4.39. The minimum absolute atomic E-state index is 0.830. The summed E-state index contributed by atoms with van der Waals surface area (Å²) in [6.07, 6.45) is 19.7. The Morgan fingerprint density at radius 1 is 0.571 bits per heavy atom. The zero-order valence-electron chi connectivity index (χ0n) is 17.9. The van der Waals surface area contributed by atoms with Gasteiger partial charge in [-0.2, -0.15) is 23.5 Å². The molecule has 28 heavy (non-hydrogen) atoms. The summed E-state index contributed by atoms with van der Waals surface area (Å²) < 4.78 is 0. The predicted molar refractivity (Wildman–Crippen MR) is 124 cm³/mol. The second kappa shape index (κ2) is 7.97. The Morgan fingerprint density at radius 2 is 1.18 bits per heavy atom. The minimum Gasteiger partial charge on any atom is -0.309 e. The Balaban J connectivity index is 1.16. The average Bonchev–Trinajstić information content (AvgIpc) is 3.28. The molecule has 6 rings (SSSR count). The molecule has 4 aliphatic carbocycles. The van der Waals surface area contributed by atoms with E-state index in [0.717, 1.165) is 62.7 Å². The summed E-state index contributed by atoms with van der Waals surface area (Å²) in [6, 6.07) is 1.66. The van der Waals surface area contributed by atoms with Crippen LogP contribution in [0.3, 0.4) is 0 Å². The third kappa shape index (κ3) is 3.32. The molecule has 1 N–H and O–H groups in total. The summed E-state index contributed by atoms with van der Waals surface area (Å²) in [4.78, 5) is 0. The molecular formula is C25H41NS2. The Morgan fingerprint density at radius 3 is 1.93 bits per heavy atom. The van der Waals surface area contributed by atoms with E-state index in [0.29, 0.717) is 0 Å². The van der Waals surface area contributed by atoms with Gasteiger partial charge in [0.25, 0.3) is 0 Å². The third-order valence-corrected chi connectivity index (χ3v) is 13.6. The Hall–Kier alpha value is 0.660. The fourth-order valence-corrected chi connectivity index (χ4v) is 12.9. The van der Waals surface area contributed by atoms with Crippen molar-refractivity contribution in [2.45, 2.75) is 123 Å². The molecule has 2 saturated heterocycles. The Bertz CT molecular complexity index is 567. The van der Waals surface area contributed by atoms with Gasteiger partial charge in [-0.15, -0.1) is 0 Å². The number of hydrogen-bond acceptors (Lipinski definition) is 3. The van der Waals surface area contributed by atoms with Crippen LogP contribution in [0.15, 0.2) is 0 Å². The van der Waals surface area contributed by atoms with Crippen molar-refractivity contribution in [3.05, 3.63) is 0 Å². The van der Waals surface area contributed by atoms with E-state index >= 15 is 0 Å². The lowest BCUT2D eigenvalue weighted by Gasteiger charge is -2.42. The maximum atomic E-state index is 4.39. The highest BCUT2D eigenvalue weighted by Gasteiger charge is 2.52. The molecule has 158 valence electrons. The molecule has 4 saturated carbocycles. The fourth-order valence-electron chi connectivity index (χ4n) is 8.54. The molecule has 0 bridgehead atoms. The summed E-state index contributed by atoms with van der Waals surface area (Å²) in [6.45, 7) is 2.52. The van der Waals surface area contributed by atoms with Crippen LogP contribution in [0.4, 0.5) is 0 Å². The first-order valence-electron chi connectivity index (χ1n) is 12.8. The van der Waals surface area contributed by atoms with Gasteiger partial charge in [-0.1, -0.05) is 32.6 Å². The summed E-state index contributed by atoms with van der Waals surface area (Å²) in [7, 11) is 0. The molecule has 2 aliphatic heterocycles. The molecule has 0 radical (unpaired) electrons. The van der Waals surface area contributed by atoms with Crippen LogP contribution in [0.25, 0.3) is 0 Å². The van der Waals surface area contributed by atoms with Crippen molar-refractivity contribution in [3.8, 4) is 0 Å². The number of thioether (sulfide) groups is 2. The van der Waals surface area contributed by atoms with Crippen molar-refractivity contribution in [2.75, 3.05) is 0 Å². The average molecular weight is 420 g/mol. The van der Waals surface area contributed by atoms with Gasteiger partial charge in [-0.3, -0.25) is 0 Å². The van der Waals surface area contributed by atoms with E-state index in [4.69, 9.17) is 0 Å². The molecule has 3 heteroatoms. The molecule has 0 amide bonds. The second-order valence-corrected chi connectivity index (χ2v) is 14.2. The van der Waals surface area contributed by atoms with Crippen LogP contribution < -0.4 is 5.32 Å². The van der Waals surface area contributed by atoms with Gasteiger partial charge < -0.3 is 5.32 Å². The topological polar surface area (TPSA) is 12.0 Å². The third-order valence-electron chi connectivity index (χ3n) is 9.78. The lowest BCUT2D eigenvalue weighted by atomic mass is 9.69. The van der Waals surface area contributed by atoms with E-state index < -0.39 is 0 Å². The van der Waals surface area contributed by atoms with Gasteiger partial charge in [0.05, 0.1) is 0 Å². The fraction of sp³-hybridized carbons (Fsp3) is 1.00. The molecule has 2 heterocycles. The van der Waals surface area contributed by atoms with Crippen LogP contribution in [-0.4, -0.2) is 33.1 Å². The quantitative estimate of drug-likeness (QED) is 0.548. The molecule has 0 aromatic rings. The lowest BCUT2D eigenvalue weighted by Crippen LogP contribution is -2.53. The van der Waals surface area contributed by atoms with Crippen molar-refractivity contribution >= 4 is 23.5 Å². The molecule has 0 aromatic heterocycles. The highest BCUT2D eigenvalue weighted by Crippen LogP contribution is 2.57. The molecule has 6 fully saturated rings. The summed E-state index contributed by atoms with van der Waals surface area (Å²) in [5.41, 5.74) is 0. The van der Waals surface area contributed by atoms with Crippen molar-refractivity contribution in [1.29, 1.82) is 0 Å². The van der Waals surface area contributed by atoms with E-state index in [1.165, 1.54) is 57.8 Å². The van der Waals surface area contributed by atoms with Crippen LogP contribution in [0.2, 0.25) is 0 Å². The summed E-state index contributed by atoms with van der Waals surface area (Å²) >= 11 is 4.90. The largest absolute Gasteiger partial charge is 0.309 e. The lowest BCUT2D eigenvalue weighted by molar-refractivity contribution is 0.159. The monoisotopic (exact) mass is 419 g/mol. The molecule has 0 spiro atoms. The van der Waals surface area contributed by atoms with Crippen LogP contribution >= 0.6 is 23.5 Å². The molecule has 6 aliphatic rings. The van der Waals surface area contributed by atoms with Crippen molar-refractivity contribution in [1.82, 2.24) is 5.32 Å². The van der Waals surface area contributed by atoms with Crippen LogP contribution in [0.5, 0.6) is 0 Å². The van der Waals surface area contributed by atoms with Crippen LogP contribution in [-0.2, 0) is 0 Å². The van der Waals surface area contributed by atoms with E-state index in [1.807, 2.05) is 0 Å². The standard InChI is InChI=1S/C25H41NS2/c1-15-12-13-23-19(14-15)18-8-5-10-21(25(18)28-23)26-20-9-4-7-17-16-6-2-3-11-22(16)27-24(17)20/h15-26H,2-14H2,1H3. The van der Waals surface area contributed by atoms with Crippen molar-refractivity contribution in [2.24, 2.45) is 29.6 Å². The Kier molecular flexibility index (Phi) is 5.51. The number of fused-ring (bicyclic) bond motifs is 6. The van der Waals surface area contributed by atoms with Crippen LogP contribution in [0.1, 0.15) is 90.4 Å². The van der Waals surface area contributed by atoms with Crippen molar-refractivity contribution < 1.29 is 0 Å². The number of hydrogen-bond donors (Lipinski definition) is 1. The highest BCUT2D eigenvalue weighted by atomic mass is 32.2. The normalized spacial score (nSPS) is 55.8. The Labute approximate surface area is 181 Å². The van der Waals surface area contributed by atoms with Gasteiger partial charge in [0.2, 0.25) is 0 Å². The highest BCUT2D eigenvalue weighted by molar-refractivity contribution is 8.01. The predicted octanol–water partition coefficient (Wildman–Crippen LogP) is 6.51. The van der Waals surface area contributed by atoms with E-state index in [2.05, 4.69) is 35.8 Å². The second-order valence-electron chi connectivity index (χ2n) is 11.4. The SMILES string of the molecule is CC1CCC2SC3C(NC4CCCC5C6CCCCC6SC45)CCCC3C2C1. The summed E-state index contributed by atoms with van der Waals surface area (Å²) in [5.74, 6) is 5.23. The number of nitrogens with one attached hydrogen (secondary N) is 1. The zero-order chi connectivity index (χ0) is 18.7. The van der Waals surface area contributed by atoms with Gasteiger partial charge >= 0.3 is 0 Å². The molecule has 11 unspecified atom stereocenters. The first-order chi connectivity index (χ1) is 13.8. The number of rotatable bonds is 2. The van der Waals surface area contributed by atoms with Gasteiger partial charge in [-0.05, 0) is 87.4 Å². The molecule has 11 atom stereocenters. The molecule has 1 nitrogen and oxygen atoms in total. The molecular weight excluding hydrogens is 378 g/mol. The van der Waals surface area contributed by atoms with E-state index in [9.17, 15) is 0 Å². The van der Waals surface area contributed by atoms with Gasteiger partial charge in [0, 0.05) is 33.1 Å². The van der Waals surface area contributed by atoms with E-state index in [1.54, 1.807) is 25.7 Å². The van der Waals surface area contributed by atoms with Crippen LogP contribution in [0, 0.1) is 29.6 Å². The van der Waals surface area contributed by atoms with Crippen molar-refractivity contribution in [3.63, 3.8) is 0 Å². The van der Waals surface area contributed by atoms with E-state index in [-0.39, 0.29) is 0 Å². The molecule has 0 aromatic carbocycles. The van der Waals surface area contributed by atoms with Gasteiger partial charge in [-0.25, -0.2) is 0 Å². The first kappa shape index (κ1) is 19.4. The van der Waals surface area contributed by atoms with Gasteiger partial charge in [0.15, 0.2) is 0 Å². The summed E-state index contributed by atoms with van der Waals surface area (Å²) in [5, 5.41) is 8.33. The maximum Gasteiger partial charge on any atom is 0.0235 e. The zero-order valence-corrected chi connectivity index (χ0v) is 19.5. The smallest absolute Gasteiger partial charge is 0.0235 e.